The summed E-state index contributed by atoms with van der Waals surface area (Å²) in [5.41, 5.74) is 0. The first-order valence-corrected chi connectivity index (χ1v) is 9.25. The van der Waals surface area contributed by atoms with Crippen LogP contribution in [0.2, 0.25) is 0 Å². The van der Waals surface area contributed by atoms with Gasteiger partial charge < -0.3 is 5.11 Å². The molecule has 0 aromatic heterocycles. The van der Waals surface area contributed by atoms with E-state index in [2.05, 4.69) is 61.5 Å². The number of aliphatic hydroxyl groups excluding tert-OH is 1. The van der Waals surface area contributed by atoms with Crippen LogP contribution in [-0.4, -0.2) is 11.2 Å². The molecule has 1 nitrogen and oxygen atoms in total. The van der Waals surface area contributed by atoms with Gasteiger partial charge in [0.15, 0.2) is 0 Å². The monoisotopic (exact) mass is 330 g/mol. The summed E-state index contributed by atoms with van der Waals surface area (Å²) in [6, 6.07) is 20.7. The summed E-state index contributed by atoms with van der Waals surface area (Å²) >= 11 is 3.51. The predicted octanol–water partition coefficient (Wildman–Crippen LogP) is 5.96. The maximum atomic E-state index is 9.97. The number of rotatable bonds is 8. The van der Waals surface area contributed by atoms with Crippen LogP contribution in [-0.2, 0) is 0 Å². The van der Waals surface area contributed by atoms with Crippen LogP contribution in [0.4, 0.5) is 0 Å². The second-order valence-electron chi connectivity index (χ2n) is 5.03. The highest BCUT2D eigenvalue weighted by molar-refractivity contribution is 8.22. The van der Waals surface area contributed by atoms with Crippen LogP contribution in [0.5, 0.6) is 0 Å². The van der Waals surface area contributed by atoms with E-state index in [1.807, 2.05) is 12.1 Å². The molecule has 0 amide bonds. The maximum Gasteiger partial charge on any atom is 0.0575 e. The second-order valence-corrected chi connectivity index (χ2v) is 7.52. The Bertz CT molecular complexity index is 523. The fraction of sp³-hybridized carbons (Fsp3) is 0.263. The predicted molar refractivity (Wildman–Crippen MR) is 98.2 cm³/mol. The van der Waals surface area contributed by atoms with Gasteiger partial charge in [-0.2, -0.15) is 0 Å². The van der Waals surface area contributed by atoms with Crippen molar-refractivity contribution in [2.24, 2.45) is 0 Å². The molecule has 0 radical (unpaired) electrons. The summed E-state index contributed by atoms with van der Waals surface area (Å²) in [6.45, 7) is 2.10. The lowest BCUT2D eigenvalue weighted by molar-refractivity contribution is 0.167. The van der Waals surface area contributed by atoms with Gasteiger partial charge in [-0.05, 0) is 37.1 Å². The van der Waals surface area contributed by atoms with Gasteiger partial charge in [-0.1, -0.05) is 79.3 Å². The molecule has 2 aromatic carbocycles. The zero-order chi connectivity index (χ0) is 15.6. The van der Waals surface area contributed by atoms with Crippen molar-refractivity contribution in [1.82, 2.24) is 0 Å². The van der Waals surface area contributed by atoms with Crippen molar-refractivity contribution in [2.45, 2.75) is 42.1 Å². The number of benzene rings is 2. The Morgan fingerprint density at radius 3 is 1.91 bits per heavy atom. The summed E-state index contributed by atoms with van der Waals surface area (Å²) in [7, 11) is 0. The molecule has 1 atom stereocenters. The summed E-state index contributed by atoms with van der Waals surface area (Å²) in [6.07, 6.45) is 4.50. The Morgan fingerprint density at radius 1 is 0.955 bits per heavy atom. The quantitative estimate of drug-likeness (QED) is 0.603. The number of hydrogen-bond acceptors (Lipinski definition) is 3. The standard InChI is InChI=1S/C19H22OS2/c1-2-9-16(20)14-15-19(21-17-10-5-3-6-11-17)22-18-12-7-4-8-13-18/h3-8,10-13,15-16,20H,2,9,14H2,1H3/t16-/m1/s1. The van der Waals surface area contributed by atoms with Gasteiger partial charge in [0.2, 0.25) is 0 Å². The van der Waals surface area contributed by atoms with E-state index in [4.69, 9.17) is 0 Å². The molecule has 0 saturated heterocycles. The fourth-order valence-electron chi connectivity index (χ4n) is 2.00. The topological polar surface area (TPSA) is 20.2 Å². The van der Waals surface area contributed by atoms with Gasteiger partial charge in [0.25, 0.3) is 0 Å². The molecular weight excluding hydrogens is 308 g/mol. The van der Waals surface area contributed by atoms with Gasteiger partial charge in [-0.25, -0.2) is 0 Å². The average molecular weight is 331 g/mol. The molecule has 3 heteroatoms. The molecule has 0 aliphatic heterocycles. The Kier molecular flexibility index (Phi) is 7.64. The van der Waals surface area contributed by atoms with E-state index in [0.717, 1.165) is 12.8 Å². The van der Waals surface area contributed by atoms with Gasteiger partial charge in [-0.15, -0.1) is 0 Å². The molecular formula is C19H22OS2. The molecule has 1 N–H and O–H groups in total. The molecule has 0 bridgehead atoms. The lowest BCUT2D eigenvalue weighted by atomic mass is 10.1. The van der Waals surface area contributed by atoms with Crippen LogP contribution in [0.1, 0.15) is 26.2 Å². The third-order valence-corrected chi connectivity index (χ3v) is 5.35. The summed E-state index contributed by atoms with van der Waals surface area (Å²) in [4.78, 5) is 2.45. The largest absolute Gasteiger partial charge is 0.393 e. The third kappa shape index (κ3) is 6.30. The van der Waals surface area contributed by atoms with Crippen molar-refractivity contribution in [3.63, 3.8) is 0 Å². The fourth-order valence-corrected chi connectivity index (χ4v) is 4.15. The highest BCUT2D eigenvalue weighted by Crippen LogP contribution is 2.39. The number of aliphatic hydroxyl groups is 1. The molecule has 0 saturated carbocycles. The van der Waals surface area contributed by atoms with E-state index >= 15 is 0 Å². The Balaban J connectivity index is 2.07. The van der Waals surface area contributed by atoms with Crippen LogP contribution >= 0.6 is 23.5 Å². The lowest BCUT2D eigenvalue weighted by Gasteiger charge is -2.10. The number of hydrogen-bond donors (Lipinski definition) is 1. The van der Waals surface area contributed by atoms with E-state index in [-0.39, 0.29) is 6.10 Å². The van der Waals surface area contributed by atoms with Crippen LogP contribution in [0.3, 0.4) is 0 Å². The minimum Gasteiger partial charge on any atom is -0.393 e. The molecule has 0 unspecified atom stereocenters. The Labute approximate surface area is 141 Å². The number of thioether (sulfide) groups is 2. The smallest absolute Gasteiger partial charge is 0.0575 e. The zero-order valence-corrected chi connectivity index (χ0v) is 14.4. The van der Waals surface area contributed by atoms with Crippen molar-refractivity contribution in [1.29, 1.82) is 0 Å². The van der Waals surface area contributed by atoms with Gasteiger partial charge in [-0.3, -0.25) is 0 Å². The van der Waals surface area contributed by atoms with Crippen LogP contribution in [0, 0.1) is 0 Å². The Hall–Kier alpha value is -1.16. The minimum atomic E-state index is -0.243. The SMILES string of the molecule is CCC[C@@H](O)CC=C(Sc1ccccc1)Sc1ccccc1. The first kappa shape index (κ1) is 17.2. The molecule has 0 heterocycles. The van der Waals surface area contributed by atoms with Crippen molar-refractivity contribution in [2.75, 3.05) is 0 Å². The van der Waals surface area contributed by atoms with Crippen LogP contribution in [0.25, 0.3) is 0 Å². The molecule has 2 rings (SSSR count). The van der Waals surface area contributed by atoms with Gasteiger partial charge in [0.1, 0.15) is 0 Å². The van der Waals surface area contributed by atoms with Crippen molar-refractivity contribution >= 4 is 23.5 Å². The van der Waals surface area contributed by atoms with E-state index < -0.39 is 0 Å². The summed E-state index contributed by atoms with van der Waals surface area (Å²) in [5, 5.41) is 9.97. The van der Waals surface area contributed by atoms with Crippen molar-refractivity contribution in [3.05, 3.63) is 71.0 Å². The zero-order valence-electron chi connectivity index (χ0n) is 12.8. The third-order valence-electron chi connectivity index (χ3n) is 3.10. The highest BCUT2D eigenvalue weighted by Gasteiger charge is 2.06. The van der Waals surface area contributed by atoms with Gasteiger partial charge in [0.05, 0.1) is 6.10 Å². The minimum absolute atomic E-state index is 0.243. The maximum absolute atomic E-state index is 9.97. The molecule has 0 aliphatic rings. The molecule has 0 spiro atoms. The average Bonchev–Trinajstić information content (AvgIpc) is 2.55. The molecule has 2 aromatic rings. The second kappa shape index (κ2) is 9.78. The van der Waals surface area contributed by atoms with Crippen molar-refractivity contribution in [3.8, 4) is 0 Å². The summed E-state index contributed by atoms with van der Waals surface area (Å²) in [5.74, 6) is 0. The normalized spacial score (nSPS) is 11.9. The first-order chi connectivity index (χ1) is 10.8. The summed E-state index contributed by atoms with van der Waals surface area (Å²) < 4.78 is 1.22. The highest BCUT2D eigenvalue weighted by atomic mass is 32.2. The molecule has 0 fully saturated rings. The van der Waals surface area contributed by atoms with Gasteiger partial charge in [0, 0.05) is 14.0 Å². The van der Waals surface area contributed by atoms with Crippen LogP contribution < -0.4 is 0 Å². The molecule has 0 aliphatic carbocycles. The molecule has 116 valence electrons. The van der Waals surface area contributed by atoms with E-state index in [1.54, 1.807) is 23.5 Å². The van der Waals surface area contributed by atoms with Gasteiger partial charge >= 0.3 is 0 Å². The first-order valence-electron chi connectivity index (χ1n) is 7.62. The van der Waals surface area contributed by atoms with E-state index in [1.165, 1.54) is 14.0 Å². The van der Waals surface area contributed by atoms with E-state index in [0.29, 0.717) is 6.42 Å². The van der Waals surface area contributed by atoms with Crippen LogP contribution in [0.15, 0.2) is 80.8 Å². The van der Waals surface area contributed by atoms with Crippen molar-refractivity contribution < 1.29 is 5.11 Å². The molecule has 22 heavy (non-hydrogen) atoms. The lowest BCUT2D eigenvalue weighted by Crippen LogP contribution is -2.03. The van der Waals surface area contributed by atoms with E-state index in [9.17, 15) is 5.11 Å². The Morgan fingerprint density at radius 2 is 1.45 bits per heavy atom.